The first-order valence-electron chi connectivity index (χ1n) is 4.91. The summed E-state index contributed by atoms with van der Waals surface area (Å²) in [6.45, 7) is 1.93. The highest BCUT2D eigenvalue weighted by atomic mass is 35.5. The van der Waals surface area contributed by atoms with Crippen LogP contribution in [0.25, 0.3) is 0 Å². The third kappa shape index (κ3) is 3.29. The number of nitrogens with two attached hydrogens (primary N) is 2. The first kappa shape index (κ1) is 15.6. The van der Waals surface area contributed by atoms with Crippen molar-refractivity contribution >= 4 is 18.1 Å². The Bertz CT molecular complexity index is 412. The molecule has 5 N–H and O–H groups in total. The summed E-state index contributed by atoms with van der Waals surface area (Å²) in [5.41, 5.74) is 11.6. The van der Waals surface area contributed by atoms with E-state index in [0.29, 0.717) is 24.1 Å². The fourth-order valence-electron chi connectivity index (χ4n) is 1.56. The second-order valence-electron chi connectivity index (χ2n) is 3.61. The number of benzene rings is 1. The van der Waals surface area contributed by atoms with Crippen molar-refractivity contribution in [3.05, 3.63) is 33.4 Å². The average Bonchev–Trinajstić information content (AvgIpc) is 2.17. The highest BCUT2D eigenvalue weighted by Crippen LogP contribution is 2.36. The van der Waals surface area contributed by atoms with Crippen molar-refractivity contribution in [2.75, 3.05) is 6.54 Å². The fraction of sp³-hybridized carbons (Fsp3) is 0.400. The van der Waals surface area contributed by atoms with Crippen LogP contribution in [-0.2, 0) is 0 Å². The molecule has 0 radical (unpaired) electrons. The Hall–Kier alpha value is -1.37. The molecule has 96 valence electrons. The third-order valence-electron chi connectivity index (χ3n) is 2.44. The van der Waals surface area contributed by atoms with Gasteiger partial charge in [-0.2, -0.15) is 0 Å². The normalized spacial score (nSPS) is 11.7. The predicted molar refractivity (Wildman–Crippen MR) is 67.3 cm³/mol. The molecule has 0 bridgehead atoms. The van der Waals surface area contributed by atoms with Crippen LogP contribution in [-0.4, -0.2) is 16.6 Å². The molecule has 1 aromatic rings. The quantitative estimate of drug-likeness (QED) is 0.559. The van der Waals surface area contributed by atoms with E-state index in [1.165, 1.54) is 0 Å². The number of hydrogen-bond acceptors (Lipinski definition) is 5. The maximum atomic E-state index is 10.8. The van der Waals surface area contributed by atoms with E-state index in [1.807, 2.05) is 0 Å². The van der Waals surface area contributed by atoms with Crippen molar-refractivity contribution in [3.8, 4) is 5.75 Å². The number of nitro benzene ring substituents is 1. The van der Waals surface area contributed by atoms with Crippen molar-refractivity contribution in [1.29, 1.82) is 0 Å². The minimum Gasteiger partial charge on any atom is -0.502 e. The van der Waals surface area contributed by atoms with Gasteiger partial charge in [0.15, 0.2) is 5.75 Å². The standard InChI is InChI=1S/C10H15N3O3.ClH/c1-6-2-3-7(8(12)4-5-11)10(14)9(6)13(15)16;/h2-3,8,14H,4-5,11-12H2,1H3;1H/t8-;/m0./s1. The molecule has 0 aromatic heterocycles. The number of nitro groups is 1. The lowest BCUT2D eigenvalue weighted by Crippen LogP contribution is -2.15. The molecule has 17 heavy (non-hydrogen) atoms. The predicted octanol–water partition coefficient (Wildman–Crippen LogP) is 1.38. The molecule has 0 aliphatic rings. The van der Waals surface area contributed by atoms with Crippen LogP contribution in [0.1, 0.15) is 23.6 Å². The summed E-state index contributed by atoms with van der Waals surface area (Å²) in [4.78, 5) is 10.1. The Labute approximate surface area is 105 Å². The number of phenolic OH excluding ortho intramolecular Hbond substituents is 1. The lowest BCUT2D eigenvalue weighted by atomic mass is 10.0. The Balaban J connectivity index is 0.00000256. The molecule has 0 spiro atoms. The number of phenols is 1. The highest BCUT2D eigenvalue weighted by Gasteiger charge is 2.22. The SMILES string of the molecule is Cc1ccc([C@@H](N)CCN)c(O)c1[N+](=O)[O-].Cl. The van der Waals surface area contributed by atoms with Crippen LogP contribution < -0.4 is 11.5 Å². The number of halogens is 1. The van der Waals surface area contributed by atoms with Crippen LogP contribution in [0, 0.1) is 17.0 Å². The minimum atomic E-state index is -0.608. The summed E-state index contributed by atoms with van der Waals surface area (Å²) in [6, 6.07) is 2.69. The molecule has 1 rings (SSSR count). The molecule has 1 atom stereocenters. The molecule has 0 fully saturated rings. The molecule has 7 heteroatoms. The number of aromatic hydroxyl groups is 1. The number of rotatable bonds is 4. The molecule has 0 unspecified atom stereocenters. The molecule has 0 saturated heterocycles. The third-order valence-corrected chi connectivity index (χ3v) is 2.44. The number of hydrogen-bond donors (Lipinski definition) is 3. The summed E-state index contributed by atoms with van der Waals surface area (Å²) in [5.74, 6) is -0.356. The first-order valence-corrected chi connectivity index (χ1v) is 4.91. The van der Waals surface area contributed by atoms with E-state index in [2.05, 4.69) is 0 Å². The van der Waals surface area contributed by atoms with Gasteiger partial charge in [-0.05, 0) is 19.9 Å². The summed E-state index contributed by atoms with van der Waals surface area (Å²) in [5, 5.41) is 20.5. The van der Waals surface area contributed by atoms with E-state index in [-0.39, 0.29) is 23.8 Å². The van der Waals surface area contributed by atoms with Gasteiger partial charge in [0.05, 0.1) is 4.92 Å². The molecule has 0 aliphatic carbocycles. The van der Waals surface area contributed by atoms with Gasteiger partial charge < -0.3 is 16.6 Å². The van der Waals surface area contributed by atoms with Gasteiger partial charge in [-0.1, -0.05) is 12.1 Å². The Morgan fingerprint density at radius 2 is 2.12 bits per heavy atom. The Morgan fingerprint density at radius 3 is 2.59 bits per heavy atom. The van der Waals surface area contributed by atoms with Gasteiger partial charge in [0.2, 0.25) is 0 Å². The van der Waals surface area contributed by atoms with Gasteiger partial charge in [-0.25, -0.2) is 0 Å². The van der Waals surface area contributed by atoms with Gasteiger partial charge in [-0.3, -0.25) is 10.1 Å². The molecule has 0 saturated carbocycles. The lowest BCUT2D eigenvalue weighted by molar-refractivity contribution is -0.386. The van der Waals surface area contributed by atoms with Crippen LogP contribution in [0.4, 0.5) is 5.69 Å². The largest absolute Gasteiger partial charge is 0.502 e. The zero-order valence-electron chi connectivity index (χ0n) is 9.42. The summed E-state index contributed by atoms with van der Waals surface area (Å²) < 4.78 is 0. The first-order chi connectivity index (χ1) is 7.49. The van der Waals surface area contributed by atoms with Crippen LogP contribution in [0.3, 0.4) is 0 Å². The van der Waals surface area contributed by atoms with Crippen molar-refractivity contribution in [3.63, 3.8) is 0 Å². The molecule has 0 amide bonds. The zero-order valence-corrected chi connectivity index (χ0v) is 10.2. The molecule has 0 aliphatic heterocycles. The number of aryl methyl sites for hydroxylation is 1. The highest BCUT2D eigenvalue weighted by molar-refractivity contribution is 5.85. The Morgan fingerprint density at radius 1 is 1.53 bits per heavy atom. The van der Waals surface area contributed by atoms with E-state index < -0.39 is 11.0 Å². The molecule has 1 aromatic carbocycles. The van der Waals surface area contributed by atoms with Gasteiger partial charge >= 0.3 is 5.69 Å². The van der Waals surface area contributed by atoms with Crippen LogP contribution in [0.2, 0.25) is 0 Å². The van der Waals surface area contributed by atoms with E-state index in [0.717, 1.165) is 0 Å². The minimum absolute atomic E-state index is 0. The smallest absolute Gasteiger partial charge is 0.313 e. The van der Waals surface area contributed by atoms with Crippen molar-refractivity contribution < 1.29 is 10.0 Å². The van der Waals surface area contributed by atoms with Crippen molar-refractivity contribution in [2.24, 2.45) is 11.5 Å². The molecule has 6 nitrogen and oxygen atoms in total. The summed E-state index contributed by atoms with van der Waals surface area (Å²) in [7, 11) is 0. The van der Waals surface area contributed by atoms with Crippen molar-refractivity contribution in [2.45, 2.75) is 19.4 Å². The van der Waals surface area contributed by atoms with Gasteiger partial charge in [0.1, 0.15) is 0 Å². The topological polar surface area (TPSA) is 115 Å². The summed E-state index contributed by atoms with van der Waals surface area (Å²) in [6.07, 6.45) is 0.466. The maximum Gasteiger partial charge on any atom is 0.313 e. The van der Waals surface area contributed by atoms with E-state index in [4.69, 9.17) is 11.5 Å². The van der Waals surface area contributed by atoms with Crippen LogP contribution in [0.5, 0.6) is 5.75 Å². The average molecular weight is 262 g/mol. The molecule has 0 heterocycles. The van der Waals surface area contributed by atoms with Crippen LogP contribution >= 0.6 is 12.4 Å². The summed E-state index contributed by atoms with van der Waals surface area (Å²) >= 11 is 0. The molecular formula is C10H16ClN3O3. The second kappa shape index (κ2) is 6.39. The zero-order chi connectivity index (χ0) is 12.3. The van der Waals surface area contributed by atoms with Crippen molar-refractivity contribution in [1.82, 2.24) is 0 Å². The number of nitrogens with zero attached hydrogens (tertiary/aromatic N) is 1. The monoisotopic (exact) mass is 261 g/mol. The second-order valence-corrected chi connectivity index (χ2v) is 3.61. The maximum absolute atomic E-state index is 10.8. The van der Waals surface area contributed by atoms with Gasteiger partial charge in [-0.15, -0.1) is 12.4 Å². The van der Waals surface area contributed by atoms with Gasteiger partial charge in [0.25, 0.3) is 0 Å². The molecular weight excluding hydrogens is 246 g/mol. The van der Waals surface area contributed by atoms with E-state index >= 15 is 0 Å². The van der Waals surface area contributed by atoms with E-state index in [1.54, 1.807) is 19.1 Å². The lowest BCUT2D eigenvalue weighted by Gasteiger charge is -2.13. The Kier molecular flexibility index (Phi) is 5.87. The fourth-order valence-corrected chi connectivity index (χ4v) is 1.56. The van der Waals surface area contributed by atoms with E-state index in [9.17, 15) is 15.2 Å². The van der Waals surface area contributed by atoms with Crippen LogP contribution in [0.15, 0.2) is 12.1 Å². The van der Waals surface area contributed by atoms with Gasteiger partial charge in [0, 0.05) is 17.2 Å².